The van der Waals surface area contributed by atoms with E-state index in [0.29, 0.717) is 0 Å². The highest BCUT2D eigenvalue weighted by atomic mass is 16.2. The van der Waals surface area contributed by atoms with E-state index < -0.39 is 0 Å². The van der Waals surface area contributed by atoms with E-state index in [1.165, 1.54) is 0 Å². The Morgan fingerprint density at radius 1 is 1.44 bits per heavy atom. The zero-order valence-electron chi connectivity index (χ0n) is 5.93. The molecule has 54 valence electrons. The molecule has 0 radical (unpaired) electrons. The van der Waals surface area contributed by atoms with Crippen molar-refractivity contribution in [3.8, 4) is 0 Å². The lowest BCUT2D eigenvalue weighted by Crippen LogP contribution is -2.11. The Labute approximate surface area is 56.6 Å². The van der Waals surface area contributed by atoms with E-state index in [2.05, 4.69) is 12.2 Å². The summed E-state index contributed by atoms with van der Waals surface area (Å²) in [5.41, 5.74) is 0. The maximum Gasteiger partial charge on any atom is 0.0465 e. The van der Waals surface area contributed by atoms with Gasteiger partial charge in [0.2, 0.25) is 0 Å². The molecule has 0 unspecified atom stereocenters. The molecule has 2 N–H and O–H groups in total. The first-order valence-corrected chi connectivity index (χ1v) is 3.38. The number of rotatable bonds is 5. The van der Waals surface area contributed by atoms with Gasteiger partial charge in [-0.2, -0.15) is 0 Å². The molecule has 0 aromatic heterocycles. The second-order valence-electron chi connectivity index (χ2n) is 1.79. The van der Waals surface area contributed by atoms with Gasteiger partial charge in [0.1, 0.15) is 0 Å². The van der Waals surface area contributed by atoms with Crippen LogP contribution >= 0.6 is 0 Å². The molecule has 0 saturated heterocycles. The smallest absolute Gasteiger partial charge is 0.0465 e. The zero-order chi connectivity index (χ0) is 6.95. The van der Waals surface area contributed by atoms with Gasteiger partial charge < -0.3 is 10.4 Å². The minimum Gasteiger partial charge on any atom is -0.396 e. The number of likely N-dealkylation sites (N-methyl/N-ethyl adjacent to an activating group) is 1. The monoisotopic (exact) mass is 129 g/mol. The number of aliphatic hydroxyl groups excluding tert-OH is 1. The van der Waals surface area contributed by atoms with Crippen molar-refractivity contribution in [1.29, 1.82) is 0 Å². The molecule has 0 bridgehead atoms. The summed E-state index contributed by atoms with van der Waals surface area (Å²) < 4.78 is 0. The Bertz CT molecular complexity index is 71.3. The minimum absolute atomic E-state index is 0.253. The highest BCUT2D eigenvalue weighted by molar-refractivity contribution is 4.82. The average Bonchev–Trinajstić information content (AvgIpc) is 1.89. The lowest BCUT2D eigenvalue weighted by atomic mass is 10.4. The number of hydrogen-bond donors (Lipinski definition) is 2. The van der Waals surface area contributed by atoms with E-state index in [9.17, 15) is 0 Å². The Morgan fingerprint density at radius 3 is 2.78 bits per heavy atom. The topological polar surface area (TPSA) is 32.3 Å². The van der Waals surface area contributed by atoms with Crippen LogP contribution in [0.4, 0.5) is 0 Å². The van der Waals surface area contributed by atoms with Crippen molar-refractivity contribution in [2.75, 3.05) is 19.7 Å². The van der Waals surface area contributed by atoms with Crippen molar-refractivity contribution >= 4 is 0 Å². The molecule has 9 heavy (non-hydrogen) atoms. The summed E-state index contributed by atoms with van der Waals surface area (Å²) in [5.74, 6) is 0. The van der Waals surface area contributed by atoms with Crippen LogP contribution in [0.25, 0.3) is 0 Å². The molecule has 2 nitrogen and oxygen atoms in total. The summed E-state index contributed by atoms with van der Waals surface area (Å²) in [6, 6.07) is 0. The molecule has 0 saturated carbocycles. The van der Waals surface area contributed by atoms with Crippen LogP contribution in [-0.2, 0) is 0 Å². The van der Waals surface area contributed by atoms with Crippen LogP contribution in [0.15, 0.2) is 12.2 Å². The number of hydrogen-bond acceptors (Lipinski definition) is 2. The predicted molar refractivity (Wildman–Crippen MR) is 39.4 cm³/mol. The second kappa shape index (κ2) is 7.66. The fourth-order valence-corrected chi connectivity index (χ4v) is 0.503. The molecular formula is C7H15NO. The summed E-state index contributed by atoms with van der Waals surface area (Å²) in [7, 11) is 0. The summed E-state index contributed by atoms with van der Waals surface area (Å²) >= 11 is 0. The summed E-state index contributed by atoms with van der Waals surface area (Å²) in [5, 5.41) is 11.5. The van der Waals surface area contributed by atoms with Crippen molar-refractivity contribution in [3.05, 3.63) is 12.2 Å². The average molecular weight is 129 g/mol. The van der Waals surface area contributed by atoms with Crippen LogP contribution in [0.5, 0.6) is 0 Å². The third-order valence-electron chi connectivity index (χ3n) is 0.975. The normalized spacial score (nSPS) is 10.9. The lowest BCUT2D eigenvalue weighted by molar-refractivity contribution is 0.302. The van der Waals surface area contributed by atoms with E-state index in [4.69, 9.17) is 5.11 Å². The van der Waals surface area contributed by atoms with Gasteiger partial charge in [0.05, 0.1) is 0 Å². The summed E-state index contributed by atoms with van der Waals surface area (Å²) in [6.45, 7) is 4.24. The van der Waals surface area contributed by atoms with Crippen LogP contribution in [-0.4, -0.2) is 24.8 Å². The van der Waals surface area contributed by atoms with E-state index in [1.54, 1.807) is 0 Å². The van der Waals surface area contributed by atoms with E-state index in [1.807, 2.05) is 12.2 Å². The van der Waals surface area contributed by atoms with Gasteiger partial charge in [-0.3, -0.25) is 0 Å². The molecular weight excluding hydrogens is 114 g/mol. The van der Waals surface area contributed by atoms with Gasteiger partial charge in [0.15, 0.2) is 0 Å². The molecule has 0 fully saturated rings. The largest absolute Gasteiger partial charge is 0.396 e. The molecule has 0 aromatic rings. The molecule has 0 rings (SSSR count). The van der Waals surface area contributed by atoms with Gasteiger partial charge in [0.25, 0.3) is 0 Å². The maximum atomic E-state index is 8.35. The molecule has 0 aliphatic carbocycles. The maximum absolute atomic E-state index is 8.35. The van der Waals surface area contributed by atoms with Crippen LogP contribution in [0.1, 0.15) is 13.3 Å². The fraction of sp³-hybridized carbons (Fsp3) is 0.714. The van der Waals surface area contributed by atoms with E-state index >= 15 is 0 Å². The number of nitrogens with one attached hydrogen (secondary N) is 1. The van der Waals surface area contributed by atoms with Crippen molar-refractivity contribution in [2.45, 2.75) is 13.3 Å². The molecule has 0 aromatic carbocycles. The van der Waals surface area contributed by atoms with Crippen molar-refractivity contribution in [1.82, 2.24) is 5.32 Å². The quantitative estimate of drug-likeness (QED) is 0.419. The standard InChI is InChI=1S/C7H15NO/c1-2-8-6-4-3-5-7-9/h3-4,8-9H,2,5-7H2,1H3. The molecule has 2 heteroatoms. The highest BCUT2D eigenvalue weighted by Gasteiger charge is 1.74. The molecule has 0 aliphatic heterocycles. The zero-order valence-corrected chi connectivity index (χ0v) is 5.93. The third kappa shape index (κ3) is 7.66. The van der Waals surface area contributed by atoms with Gasteiger partial charge in [-0.1, -0.05) is 19.1 Å². The summed E-state index contributed by atoms with van der Waals surface area (Å²) in [4.78, 5) is 0. The molecule has 0 amide bonds. The van der Waals surface area contributed by atoms with E-state index in [0.717, 1.165) is 19.5 Å². The Kier molecular flexibility index (Phi) is 7.37. The molecule has 0 aliphatic rings. The van der Waals surface area contributed by atoms with Crippen LogP contribution in [0.2, 0.25) is 0 Å². The minimum atomic E-state index is 0.253. The third-order valence-corrected chi connectivity index (χ3v) is 0.975. The van der Waals surface area contributed by atoms with Crippen molar-refractivity contribution < 1.29 is 5.11 Å². The van der Waals surface area contributed by atoms with Gasteiger partial charge in [-0.15, -0.1) is 0 Å². The van der Waals surface area contributed by atoms with Gasteiger partial charge in [0, 0.05) is 13.2 Å². The van der Waals surface area contributed by atoms with Gasteiger partial charge in [-0.25, -0.2) is 0 Å². The predicted octanol–water partition coefficient (Wildman–Crippen LogP) is 0.534. The van der Waals surface area contributed by atoms with Crippen LogP contribution < -0.4 is 5.32 Å². The molecule has 0 atom stereocenters. The van der Waals surface area contributed by atoms with E-state index in [-0.39, 0.29) is 6.61 Å². The summed E-state index contributed by atoms with van der Waals surface area (Å²) in [6.07, 6.45) is 4.77. The van der Waals surface area contributed by atoms with Crippen LogP contribution in [0, 0.1) is 0 Å². The Hall–Kier alpha value is -0.340. The highest BCUT2D eigenvalue weighted by Crippen LogP contribution is 1.77. The number of aliphatic hydroxyl groups is 1. The Balaban J connectivity index is 2.86. The van der Waals surface area contributed by atoms with Gasteiger partial charge in [-0.05, 0) is 13.0 Å². The van der Waals surface area contributed by atoms with Crippen LogP contribution in [0.3, 0.4) is 0 Å². The second-order valence-corrected chi connectivity index (χ2v) is 1.79. The molecule has 0 spiro atoms. The first kappa shape index (κ1) is 8.66. The lowest BCUT2D eigenvalue weighted by Gasteiger charge is -1.91. The SMILES string of the molecule is CCNCC=CCCO. The first-order chi connectivity index (χ1) is 4.41. The first-order valence-electron chi connectivity index (χ1n) is 3.38. The van der Waals surface area contributed by atoms with Gasteiger partial charge >= 0.3 is 0 Å². The van der Waals surface area contributed by atoms with Crippen molar-refractivity contribution in [2.24, 2.45) is 0 Å². The fourth-order valence-electron chi connectivity index (χ4n) is 0.503. The van der Waals surface area contributed by atoms with Crippen molar-refractivity contribution in [3.63, 3.8) is 0 Å². The molecule has 0 heterocycles. The Morgan fingerprint density at radius 2 is 2.22 bits per heavy atom.